The quantitative estimate of drug-likeness (QED) is 0.813. The number of rotatable bonds is 5. The Balaban J connectivity index is 1.33. The van der Waals surface area contributed by atoms with Crippen LogP contribution in [0.1, 0.15) is 31.4 Å². The van der Waals surface area contributed by atoms with Gasteiger partial charge in [-0.05, 0) is 62.9 Å². The lowest BCUT2D eigenvalue weighted by atomic mass is 10.1. The Morgan fingerprint density at radius 3 is 2.72 bits per heavy atom. The van der Waals surface area contributed by atoms with Gasteiger partial charge in [0, 0.05) is 55.4 Å². The molecule has 7 nitrogen and oxygen atoms in total. The molecule has 2 aliphatic rings. The summed E-state index contributed by atoms with van der Waals surface area (Å²) in [6.07, 6.45) is 6.45. The molecule has 2 N–H and O–H groups in total. The van der Waals surface area contributed by atoms with Crippen LogP contribution in [-0.2, 0) is 4.74 Å². The fraction of sp³-hybridized carbons (Fsp3) is 0.500. The third-order valence-corrected chi connectivity index (χ3v) is 5.97. The first kappa shape index (κ1) is 19.8. The molecule has 4 rings (SSSR count). The zero-order valence-electron chi connectivity index (χ0n) is 17.1. The highest BCUT2D eigenvalue weighted by atomic mass is 16.5. The van der Waals surface area contributed by atoms with Crippen molar-refractivity contribution in [2.24, 2.45) is 0 Å². The highest BCUT2D eigenvalue weighted by molar-refractivity contribution is 5.89. The van der Waals surface area contributed by atoms with Gasteiger partial charge >= 0.3 is 6.03 Å². The van der Waals surface area contributed by atoms with E-state index in [2.05, 4.69) is 25.5 Å². The number of anilines is 1. The molecule has 3 atom stereocenters. The zero-order chi connectivity index (χ0) is 20.2. The normalized spacial score (nSPS) is 24.6. The number of likely N-dealkylation sites (tertiary alicyclic amines) is 1. The molecule has 29 heavy (non-hydrogen) atoms. The van der Waals surface area contributed by atoms with Crippen LogP contribution in [-0.4, -0.2) is 59.3 Å². The van der Waals surface area contributed by atoms with Crippen LogP contribution in [0.15, 0.2) is 36.5 Å². The van der Waals surface area contributed by atoms with Crippen molar-refractivity contribution < 1.29 is 9.53 Å². The van der Waals surface area contributed by atoms with E-state index in [4.69, 9.17) is 4.74 Å². The molecule has 2 aromatic rings. The summed E-state index contributed by atoms with van der Waals surface area (Å²) in [6, 6.07) is 9.94. The molecule has 2 heterocycles. The standard InChI is InChI=1S/C22H29N5O2/c1-15-10-12-23-21(24-15)16-6-8-17(9-7-16)25-22(28)26-19-4-3-5-20(19)27-13-11-18(14-27)29-2/h6-10,12,18-20H,3-5,11,13-14H2,1-2H3,(H2,25,26,28)/t18?,19-,20+/m0/s1. The van der Waals surface area contributed by atoms with E-state index in [9.17, 15) is 4.79 Å². The first-order valence-corrected chi connectivity index (χ1v) is 10.4. The number of hydrogen-bond donors (Lipinski definition) is 2. The van der Waals surface area contributed by atoms with Crippen LogP contribution in [0, 0.1) is 6.92 Å². The van der Waals surface area contributed by atoms with Crippen molar-refractivity contribution in [2.75, 3.05) is 25.5 Å². The molecular weight excluding hydrogens is 366 g/mol. The van der Waals surface area contributed by atoms with Gasteiger partial charge in [0.2, 0.25) is 0 Å². The Kier molecular flexibility index (Phi) is 6.06. The zero-order valence-corrected chi connectivity index (χ0v) is 17.1. The van der Waals surface area contributed by atoms with Gasteiger partial charge in [-0.1, -0.05) is 0 Å². The summed E-state index contributed by atoms with van der Waals surface area (Å²) in [7, 11) is 1.78. The molecule has 0 bridgehead atoms. The highest BCUT2D eigenvalue weighted by Crippen LogP contribution is 2.28. The van der Waals surface area contributed by atoms with Gasteiger partial charge in [0.25, 0.3) is 0 Å². The number of nitrogens with one attached hydrogen (secondary N) is 2. The predicted octanol–water partition coefficient (Wildman–Crippen LogP) is 3.22. The number of aromatic nitrogens is 2. The smallest absolute Gasteiger partial charge is 0.319 e. The fourth-order valence-electron chi connectivity index (χ4n) is 4.42. The number of amides is 2. The molecule has 2 fully saturated rings. The van der Waals surface area contributed by atoms with E-state index in [1.165, 1.54) is 0 Å². The van der Waals surface area contributed by atoms with Crippen molar-refractivity contribution in [3.63, 3.8) is 0 Å². The van der Waals surface area contributed by atoms with E-state index in [1.807, 2.05) is 37.3 Å². The number of benzene rings is 1. The lowest BCUT2D eigenvalue weighted by Gasteiger charge is -2.30. The molecule has 1 aromatic heterocycles. The first-order valence-electron chi connectivity index (χ1n) is 10.4. The summed E-state index contributed by atoms with van der Waals surface area (Å²) in [5, 5.41) is 6.14. The number of carbonyl (C=O) groups excluding carboxylic acids is 1. The maximum absolute atomic E-state index is 12.6. The van der Waals surface area contributed by atoms with Crippen LogP contribution in [0.5, 0.6) is 0 Å². The van der Waals surface area contributed by atoms with Crippen molar-refractivity contribution >= 4 is 11.7 Å². The van der Waals surface area contributed by atoms with Crippen LogP contribution in [0.25, 0.3) is 11.4 Å². The summed E-state index contributed by atoms with van der Waals surface area (Å²) in [5.41, 5.74) is 2.61. The number of nitrogens with zero attached hydrogens (tertiary/aromatic N) is 3. The minimum atomic E-state index is -0.149. The van der Waals surface area contributed by atoms with E-state index < -0.39 is 0 Å². The molecule has 1 saturated carbocycles. The van der Waals surface area contributed by atoms with Crippen LogP contribution >= 0.6 is 0 Å². The lowest BCUT2D eigenvalue weighted by molar-refractivity contribution is 0.0985. The molecule has 1 unspecified atom stereocenters. The maximum Gasteiger partial charge on any atom is 0.319 e. The monoisotopic (exact) mass is 395 g/mol. The molecule has 1 aromatic carbocycles. The lowest BCUT2D eigenvalue weighted by Crippen LogP contribution is -2.49. The number of methoxy groups -OCH3 is 1. The number of urea groups is 1. The predicted molar refractivity (Wildman–Crippen MR) is 113 cm³/mol. The van der Waals surface area contributed by atoms with E-state index in [-0.39, 0.29) is 12.1 Å². The van der Waals surface area contributed by atoms with Crippen molar-refractivity contribution in [3.8, 4) is 11.4 Å². The van der Waals surface area contributed by atoms with Gasteiger partial charge in [-0.2, -0.15) is 0 Å². The Morgan fingerprint density at radius 1 is 1.17 bits per heavy atom. The topological polar surface area (TPSA) is 79.4 Å². The van der Waals surface area contributed by atoms with Crippen LogP contribution in [0.2, 0.25) is 0 Å². The van der Waals surface area contributed by atoms with E-state index in [1.54, 1.807) is 13.3 Å². The van der Waals surface area contributed by atoms with Crippen molar-refractivity contribution in [1.29, 1.82) is 0 Å². The minimum absolute atomic E-state index is 0.149. The molecule has 1 aliphatic carbocycles. The van der Waals surface area contributed by atoms with Crippen LogP contribution in [0.3, 0.4) is 0 Å². The summed E-state index contributed by atoms with van der Waals surface area (Å²) in [4.78, 5) is 23.8. The van der Waals surface area contributed by atoms with E-state index >= 15 is 0 Å². The van der Waals surface area contributed by atoms with Gasteiger partial charge in [0.1, 0.15) is 0 Å². The Hall–Kier alpha value is -2.51. The average Bonchev–Trinajstić information content (AvgIpc) is 3.37. The molecule has 0 spiro atoms. The highest BCUT2D eigenvalue weighted by Gasteiger charge is 2.36. The first-order chi connectivity index (χ1) is 14.1. The summed E-state index contributed by atoms with van der Waals surface area (Å²) < 4.78 is 5.49. The summed E-state index contributed by atoms with van der Waals surface area (Å²) in [6.45, 7) is 3.95. The molecule has 1 saturated heterocycles. The molecule has 2 amide bonds. The van der Waals surface area contributed by atoms with Gasteiger partial charge in [-0.15, -0.1) is 0 Å². The Labute approximate surface area is 171 Å². The fourth-order valence-corrected chi connectivity index (χ4v) is 4.42. The SMILES string of the molecule is COC1CCN([C@@H]2CCC[C@@H]2NC(=O)Nc2ccc(-c3nccc(C)n3)cc2)C1. The third-order valence-electron chi connectivity index (χ3n) is 5.97. The summed E-state index contributed by atoms with van der Waals surface area (Å²) in [5.74, 6) is 0.690. The van der Waals surface area contributed by atoms with Gasteiger partial charge in [-0.25, -0.2) is 14.8 Å². The van der Waals surface area contributed by atoms with Crippen molar-refractivity contribution in [2.45, 2.75) is 50.8 Å². The van der Waals surface area contributed by atoms with Crippen LogP contribution < -0.4 is 10.6 Å². The van der Waals surface area contributed by atoms with Crippen molar-refractivity contribution in [1.82, 2.24) is 20.2 Å². The largest absolute Gasteiger partial charge is 0.380 e. The average molecular weight is 396 g/mol. The maximum atomic E-state index is 12.6. The number of hydrogen-bond acceptors (Lipinski definition) is 5. The van der Waals surface area contributed by atoms with Gasteiger partial charge in [0.05, 0.1) is 6.10 Å². The number of aryl methyl sites for hydroxylation is 1. The molecule has 154 valence electrons. The Morgan fingerprint density at radius 2 is 2.00 bits per heavy atom. The molecule has 0 radical (unpaired) electrons. The van der Waals surface area contributed by atoms with E-state index in [0.29, 0.717) is 18.0 Å². The minimum Gasteiger partial charge on any atom is -0.380 e. The second-order valence-electron chi connectivity index (χ2n) is 7.94. The van der Waals surface area contributed by atoms with Gasteiger partial charge in [-0.3, -0.25) is 4.90 Å². The molecule has 1 aliphatic heterocycles. The third kappa shape index (κ3) is 4.74. The number of ether oxygens (including phenoxy) is 1. The second kappa shape index (κ2) is 8.88. The van der Waals surface area contributed by atoms with Crippen molar-refractivity contribution in [3.05, 3.63) is 42.2 Å². The van der Waals surface area contributed by atoms with E-state index in [0.717, 1.165) is 55.7 Å². The number of carbonyl (C=O) groups is 1. The molecular formula is C22H29N5O2. The second-order valence-corrected chi connectivity index (χ2v) is 7.94. The molecule has 7 heteroatoms. The Bertz CT molecular complexity index is 841. The van der Waals surface area contributed by atoms with Gasteiger partial charge < -0.3 is 15.4 Å². The van der Waals surface area contributed by atoms with Gasteiger partial charge in [0.15, 0.2) is 5.82 Å². The van der Waals surface area contributed by atoms with Crippen LogP contribution in [0.4, 0.5) is 10.5 Å². The summed E-state index contributed by atoms with van der Waals surface area (Å²) >= 11 is 0.